The number of benzene rings is 1. The average Bonchev–Trinajstić information content (AvgIpc) is 2.49. The van der Waals surface area contributed by atoms with Crippen LogP contribution in [0.3, 0.4) is 0 Å². The van der Waals surface area contributed by atoms with E-state index < -0.39 is 41.4 Å². The van der Waals surface area contributed by atoms with Crippen molar-refractivity contribution in [3.8, 4) is 0 Å². The van der Waals surface area contributed by atoms with Crippen molar-refractivity contribution < 1.29 is 28.6 Å². The van der Waals surface area contributed by atoms with Crippen LogP contribution in [0.2, 0.25) is 0 Å². The van der Waals surface area contributed by atoms with Gasteiger partial charge in [-0.2, -0.15) is 0 Å². The van der Waals surface area contributed by atoms with Gasteiger partial charge in [-0.25, -0.2) is 4.79 Å². The lowest BCUT2D eigenvalue weighted by atomic mass is 9.94. The quantitative estimate of drug-likeness (QED) is 0.627. The van der Waals surface area contributed by atoms with Crippen molar-refractivity contribution >= 4 is 18.0 Å². The van der Waals surface area contributed by atoms with Crippen LogP contribution in [-0.4, -0.2) is 35.5 Å². The van der Waals surface area contributed by atoms with E-state index in [0.717, 1.165) is 5.56 Å². The summed E-state index contributed by atoms with van der Waals surface area (Å²) in [6.07, 6.45) is -0.121. The Morgan fingerprint density at radius 2 is 1.70 bits per heavy atom. The van der Waals surface area contributed by atoms with E-state index in [2.05, 4.69) is 5.32 Å². The number of amides is 1. The minimum absolute atomic E-state index is 0.0574. The summed E-state index contributed by atoms with van der Waals surface area (Å²) in [5, 5.41) is 2.75. The molecule has 7 heteroatoms. The van der Waals surface area contributed by atoms with Crippen molar-refractivity contribution in [1.82, 2.24) is 5.32 Å². The van der Waals surface area contributed by atoms with E-state index in [1.807, 2.05) is 30.3 Å². The zero-order valence-electron chi connectivity index (χ0n) is 16.4. The first-order chi connectivity index (χ1) is 12.5. The fourth-order valence-electron chi connectivity index (χ4n) is 2.79. The largest absolute Gasteiger partial charge is 0.444 e. The molecule has 1 N–H and O–H groups in total. The Balaban J connectivity index is 2.13. The smallest absolute Gasteiger partial charge is 0.407 e. The van der Waals surface area contributed by atoms with Gasteiger partial charge in [-0.1, -0.05) is 30.3 Å². The Morgan fingerprint density at radius 1 is 1.15 bits per heavy atom. The monoisotopic (exact) mass is 377 g/mol. The van der Waals surface area contributed by atoms with E-state index >= 15 is 0 Å². The Hall–Kier alpha value is -2.57. The van der Waals surface area contributed by atoms with Crippen molar-refractivity contribution in [3.63, 3.8) is 0 Å². The fraction of sp³-hybridized carbons (Fsp3) is 0.550. The maximum absolute atomic E-state index is 12.3. The van der Waals surface area contributed by atoms with Gasteiger partial charge in [0.05, 0.1) is 0 Å². The SMILES string of the molecule is CC(C)(C)OC(=O)N[C@@H](Cc1ccccc1)CC1C(=O)OC(C)(C)OC1=O. The second-order valence-electron chi connectivity index (χ2n) is 8.06. The molecule has 0 spiro atoms. The van der Waals surface area contributed by atoms with Gasteiger partial charge in [0, 0.05) is 19.9 Å². The lowest BCUT2D eigenvalue weighted by Gasteiger charge is -2.34. The molecule has 1 aliphatic rings. The fourth-order valence-corrected chi connectivity index (χ4v) is 2.79. The summed E-state index contributed by atoms with van der Waals surface area (Å²) in [6.45, 7) is 8.28. The zero-order valence-corrected chi connectivity index (χ0v) is 16.4. The van der Waals surface area contributed by atoms with E-state index in [0.29, 0.717) is 6.42 Å². The lowest BCUT2D eigenvalue weighted by molar-refractivity contribution is -0.240. The van der Waals surface area contributed by atoms with Gasteiger partial charge in [0.15, 0.2) is 5.92 Å². The molecule has 0 bridgehead atoms. The highest BCUT2D eigenvalue weighted by atomic mass is 16.7. The Morgan fingerprint density at radius 3 is 2.22 bits per heavy atom. The van der Waals surface area contributed by atoms with Crippen LogP contribution in [0.5, 0.6) is 0 Å². The third-order valence-electron chi connectivity index (χ3n) is 3.83. The van der Waals surface area contributed by atoms with Gasteiger partial charge in [0.25, 0.3) is 5.79 Å². The van der Waals surface area contributed by atoms with Gasteiger partial charge in [-0.15, -0.1) is 0 Å². The molecular formula is C20H27NO6. The number of nitrogens with one attached hydrogen (secondary N) is 1. The third kappa shape index (κ3) is 6.58. The minimum atomic E-state index is -1.28. The standard InChI is InChI=1S/C20H27NO6/c1-19(2,3)27-18(24)21-14(11-13-9-7-6-8-10-13)12-15-16(22)25-20(4,5)26-17(15)23/h6-10,14-15H,11-12H2,1-5H3,(H,21,24)/t14-/m0/s1. The number of alkyl carbamates (subject to hydrolysis) is 1. The first-order valence-electron chi connectivity index (χ1n) is 8.94. The van der Waals surface area contributed by atoms with E-state index in [1.54, 1.807) is 20.8 Å². The maximum atomic E-state index is 12.3. The van der Waals surface area contributed by atoms with Crippen LogP contribution < -0.4 is 5.32 Å². The van der Waals surface area contributed by atoms with E-state index in [4.69, 9.17) is 14.2 Å². The number of esters is 2. The molecule has 1 heterocycles. The molecule has 0 aromatic heterocycles. The molecule has 27 heavy (non-hydrogen) atoms. The summed E-state index contributed by atoms with van der Waals surface area (Å²) in [6, 6.07) is 8.96. The highest BCUT2D eigenvalue weighted by Gasteiger charge is 2.44. The Labute approximate surface area is 159 Å². The molecule has 1 aromatic rings. The Kier molecular flexibility index (Phi) is 6.13. The molecule has 0 saturated carbocycles. The average molecular weight is 377 g/mol. The molecule has 7 nitrogen and oxygen atoms in total. The van der Waals surface area contributed by atoms with Gasteiger partial charge in [-0.3, -0.25) is 9.59 Å². The molecule has 1 atom stereocenters. The summed E-state index contributed by atoms with van der Waals surface area (Å²) >= 11 is 0. The highest BCUT2D eigenvalue weighted by molar-refractivity contribution is 5.96. The molecule has 0 unspecified atom stereocenters. The van der Waals surface area contributed by atoms with Gasteiger partial charge in [0.1, 0.15) is 5.60 Å². The maximum Gasteiger partial charge on any atom is 0.407 e. The zero-order chi connectivity index (χ0) is 20.2. The van der Waals surface area contributed by atoms with Gasteiger partial charge >= 0.3 is 18.0 Å². The Bertz CT molecular complexity index is 672. The predicted octanol–water partition coefficient (Wildman–Crippen LogP) is 2.96. The summed E-state index contributed by atoms with van der Waals surface area (Å²) in [5.41, 5.74) is 0.296. The molecule has 148 valence electrons. The van der Waals surface area contributed by atoms with Crippen LogP contribution >= 0.6 is 0 Å². The van der Waals surface area contributed by atoms with E-state index in [1.165, 1.54) is 13.8 Å². The van der Waals surface area contributed by atoms with Crippen molar-refractivity contribution in [2.24, 2.45) is 5.92 Å². The van der Waals surface area contributed by atoms with Crippen molar-refractivity contribution in [1.29, 1.82) is 0 Å². The summed E-state index contributed by atoms with van der Waals surface area (Å²) in [5.74, 6) is -3.68. The summed E-state index contributed by atoms with van der Waals surface area (Å²) < 4.78 is 15.6. The van der Waals surface area contributed by atoms with Crippen LogP contribution in [0.4, 0.5) is 4.79 Å². The second-order valence-corrected chi connectivity index (χ2v) is 8.06. The van der Waals surface area contributed by atoms with Crippen LogP contribution in [0.15, 0.2) is 30.3 Å². The number of carbonyl (C=O) groups excluding carboxylic acids is 3. The molecule has 0 radical (unpaired) electrons. The number of rotatable bonds is 5. The molecule has 1 aromatic carbocycles. The summed E-state index contributed by atoms with van der Waals surface area (Å²) in [4.78, 5) is 36.7. The molecule has 2 rings (SSSR count). The van der Waals surface area contributed by atoms with E-state index in [9.17, 15) is 14.4 Å². The topological polar surface area (TPSA) is 90.9 Å². The van der Waals surface area contributed by atoms with E-state index in [-0.39, 0.29) is 6.42 Å². The third-order valence-corrected chi connectivity index (χ3v) is 3.83. The van der Waals surface area contributed by atoms with Crippen LogP contribution in [0.25, 0.3) is 0 Å². The van der Waals surface area contributed by atoms with Crippen molar-refractivity contribution in [3.05, 3.63) is 35.9 Å². The second kappa shape index (κ2) is 7.98. The first-order valence-corrected chi connectivity index (χ1v) is 8.94. The first kappa shape index (κ1) is 20.7. The van der Waals surface area contributed by atoms with Gasteiger partial charge < -0.3 is 19.5 Å². The van der Waals surface area contributed by atoms with Crippen molar-refractivity contribution in [2.75, 3.05) is 0 Å². The lowest BCUT2D eigenvalue weighted by Crippen LogP contribution is -2.49. The normalized spacial score (nSPS) is 18.3. The number of ether oxygens (including phenoxy) is 3. The van der Waals surface area contributed by atoms with Crippen LogP contribution in [-0.2, 0) is 30.2 Å². The van der Waals surface area contributed by atoms with Gasteiger partial charge in [0.2, 0.25) is 0 Å². The van der Waals surface area contributed by atoms with Crippen LogP contribution in [0, 0.1) is 5.92 Å². The number of hydrogen-bond donors (Lipinski definition) is 1. The highest BCUT2D eigenvalue weighted by Crippen LogP contribution is 2.26. The predicted molar refractivity (Wildman–Crippen MR) is 97.7 cm³/mol. The number of cyclic esters (lactones) is 2. The molecule has 1 saturated heterocycles. The van der Waals surface area contributed by atoms with Crippen LogP contribution in [0.1, 0.15) is 46.6 Å². The number of carbonyl (C=O) groups is 3. The molecular weight excluding hydrogens is 350 g/mol. The molecule has 0 aliphatic carbocycles. The van der Waals surface area contributed by atoms with Gasteiger partial charge in [-0.05, 0) is 39.2 Å². The number of hydrogen-bond acceptors (Lipinski definition) is 6. The minimum Gasteiger partial charge on any atom is -0.444 e. The van der Waals surface area contributed by atoms with Crippen molar-refractivity contribution in [2.45, 2.75) is 64.9 Å². The molecule has 1 aliphatic heterocycles. The molecule has 1 fully saturated rings. The summed E-state index contributed by atoms with van der Waals surface area (Å²) in [7, 11) is 0. The molecule has 1 amide bonds.